The summed E-state index contributed by atoms with van der Waals surface area (Å²) >= 11 is 0. The highest BCUT2D eigenvalue weighted by Gasteiger charge is 2.09. The van der Waals surface area contributed by atoms with Crippen LogP contribution in [0.15, 0.2) is 24.3 Å². The number of hydrogen-bond donors (Lipinski definition) is 2. The first-order valence-corrected chi connectivity index (χ1v) is 7.57. The summed E-state index contributed by atoms with van der Waals surface area (Å²) < 4.78 is 0. The molecule has 0 spiro atoms. The van der Waals surface area contributed by atoms with Crippen molar-refractivity contribution < 1.29 is 4.79 Å². The van der Waals surface area contributed by atoms with E-state index in [1.807, 2.05) is 24.3 Å². The Hall–Kier alpha value is -0.970. The second kappa shape index (κ2) is 11.6. The second-order valence-corrected chi connectivity index (χ2v) is 5.52. The topological polar surface area (TPSA) is 58.4 Å². The predicted octanol–water partition coefficient (Wildman–Crippen LogP) is 2.65. The molecule has 2 rings (SSSR count). The molecule has 1 amide bonds. The number of nitrogens with zero attached hydrogens (tertiary/aromatic N) is 1. The zero-order valence-electron chi connectivity index (χ0n) is 12.9. The molecule has 0 aromatic heterocycles. The van der Waals surface area contributed by atoms with Gasteiger partial charge in [-0.05, 0) is 56.6 Å². The van der Waals surface area contributed by atoms with E-state index in [-0.39, 0.29) is 30.7 Å². The number of rotatable bonds is 6. The first-order valence-electron chi connectivity index (χ1n) is 7.57. The van der Waals surface area contributed by atoms with Gasteiger partial charge in [-0.2, -0.15) is 0 Å². The molecule has 1 aromatic carbocycles. The quantitative estimate of drug-likeness (QED) is 0.614. The van der Waals surface area contributed by atoms with Crippen LogP contribution in [-0.2, 0) is 11.2 Å². The summed E-state index contributed by atoms with van der Waals surface area (Å²) in [4.78, 5) is 14.3. The molecule has 0 bridgehead atoms. The van der Waals surface area contributed by atoms with Gasteiger partial charge in [0.2, 0.25) is 5.91 Å². The Balaban J connectivity index is 0.00000220. The Labute approximate surface area is 145 Å². The number of amides is 1. The number of nitrogens with two attached hydrogens (primary N) is 1. The molecule has 0 radical (unpaired) electrons. The molecule has 0 unspecified atom stereocenters. The maximum atomic E-state index is 11.8. The fraction of sp³-hybridized carbons (Fsp3) is 0.562. The summed E-state index contributed by atoms with van der Waals surface area (Å²) in [5, 5.41) is 2.99. The van der Waals surface area contributed by atoms with Gasteiger partial charge in [0.05, 0.1) is 6.42 Å². The van der Waals surface area contributed by atoms with Gasteiger partial charge in [0.15, 0.2) is 0 Å². The van der Waals surface area contributed by atoms with Gasteiger partial charge in [0, 0.05) is 12.2 Å². The highest BCUT2D eigenvalue weighted by Crippen LogP contribution is 2.08. The number of halogens is 2. The molecule has 1 fully saturated rings. The molecule has 0 atom stereocenters. The lowest BCUT2D eigenvalue weighted by atomic mass is 10.1. The summed E-state index contributed by atoms with van der Waals surface area (Å²) in [5.74, 6) is 0.0911. The van der Waals surface area contributed by atoms with Crippen molar-refractivity contribution in [2.24, 2.45) is 0 Å². The van der Waals surface area contributed by atoms with Gasteiger partial charge in [-0.1, -0.05) is 18.6 Å². The number of nitrogens with one attached hydrogen (secondary N) is 1. The zero-order chi connectivity index (χ0) is 14.2. The SMILES string of the molecule is Cl.Cl.Nc1ccc(CC(=O)NCCCN2CCCCC2)cc1. The van der Waals surface area contributed by atoms with Crippen LogP contribution in [0.25, 0.3) is 0 Å². The van der Waals surface area contributed by atoms with E-state index in [4.69, 9.17) is 5.73 Å². The monoisotopic (exact) mass is 347 g/mol. The summed E-state index contributed by atoms with van der Waals surface area (Å²) in [6, 6.07) is 7.48. The van der Waals surface area contributed by atoms with Crippen molar-refractivity contribution >= 4 is 36.4 Å². The fourth-order valence-electron chi connectivity index (χ4n) is 2.60. The van der Waals surface area contributed by atoms with E-state index in [1.54, 1.807) is 0 Å². The van der Waals surface area contributed by atoms with E-state index < -0.39 is 0 Å². The number of piperidine rings is 1. The molecule has 22 heavy (non-hydrogen) atoms. The van der Waals surface area contributed by atoms with Crippen LogP contribution >= 0.6 is 24.8 Å². The molecule has 6 heteroatoms. The lowest BCUT2D eigenvalue weighted by Crippen LogP contribution is -2.33. The van der Waals surface area contributed by atoms with Gasteiger partial charge in [-0.3, -0.25) is 4.79 Å². The number of anilines is 1. The standard InChI is InChI=1S/C16H25N3O.2ClH/c17-15-7-5-14(6-8-15)13-16(20)18-9-4-12-19-10-2-1-3-11-19;;/h5-8H,1-4,9-13,17H2,(H,18,20);2*1H. The molecule has 1 aliphatic heterocycles. The maximum absolute atomic E-state index is 11.8. The van der Waals surface area contributed by atoms with Crippen LogP contribution in [0.1, 0.15) is 31.2 Å². The van der Waals surface area contributed by atoms with Crippen LogP contribution < -0.4 is 11.1 Å². The number of likely N-dealkylation sites (tertiary alicyclic amines) is 1. The third-order valence-corrected chi connectivity index (χ3v) is 3.77. The number of hydrogen-bond acceptors (Lipinski definition) is 3. The number of benzene rings is 1. The first-order chi connectivity index (χ1) is 9.74. The third kappa shape index (κ3) is 7.87. The van der Waals surface area contributed by atoms with Crippen LogP contribution in [0.5, 0.6) is 0 Å². The third-order valence-electron chi connectivity index (χ3n) is 3.77. The Morgan fingerprint density at radius 1 is 1.09 bits per heavy atom. The van der Waals surface area contributed by atoms with Crippen molar-refractivity contribution in [1.82, 2.24) is 10.2 Å². The summed E-state index contributed by atoms with van der Waals surface area (Å²) in [6.45, 7) is 4.31. The minimum absolute atomic E-state index is 0. The average molecular weight is 348 g/mol. The molecular formula is C16H27Cl2N3O. The Bertz CT molecular complexity index is 420. The normalized spacial score (nSPS) is 14.5. The molecule has 0 saturated carbocycles. The molecular weight excluding hydrogens is 321 g/mol. The van der Waals surface area contributed by atoms with Gasteiger partial charge in [0.25, 0.3) is 0 Å². The molecule has 4 nitrogen and oxygen atoms in total. The van der Waals surface area contributed by atoms with Crippen LogP contribution in [0.4, 0.5) is 5.69 Å². The Morgan fingerprint density at radius 3 is 2.36 bits per heavy atom. The molecule has 1 saturated heterocycles. The molecule has 1 aliphatic rings. The number of nitrogen functional groups attached to an aromatic ring is 1. The van der Waals surface area contributed by atoms with Crippen LogP contribution in [-0.4, -0.2) is 37.0 Å². The van der Waals surface area contributed by atoms with Crippen molar-refractivity contribution in [1.29, 1.82) is 0 Å². The van der Waals surface area contributed by atoms with Crippen molar-refractivity contribution in [3.8, 4) is 0 Å². The summed E-state index contributed by atoms with van der Waals surface area (Å²) in [6.07, 6.45) is 5.49. The fourth-order valence-corrected chi connectivity index (χ4v) is 2.60. The van der Waals surface area contributed by atoms with E-state index in [9.17, 15) is 4.79 Å². The van der Waals surface area contributed by atoms with E-state index in [1.165, 1.54) is 32.4 Å². The average Bonchev–Trinajstić information content (AvgIpc) is 2.47. The lowest BCUT2D eigenvalue weighted by molar-refractivity contribution is -0.120. The van der Waals surface area contributed by atoms with Crippen molar-refractivity contribution in [3.05, 3.63) is 29.8 Å². The number of carbonyl (C=O) groups excluding carboxylic acids is 1. The van der Waals surface area contributed by atoms with Crippen molar-refractivity contribution in [2.75, 3.05) is 31.9 Å². The molecule has 0 aliphatic carbocycles. The van der Waals surface area contributed by atoms with Gasteiger partial charge < -0.3 is 16.0 Å². The molecule has 126 valence electrons. The van der Waals surface area contributed by atoms with E-state index in [2.05, 4.69) is 10.2 Å². The van der Waals surface area contributed by atoms with Gasteiger partial charge >= 0.3 is 0 Å². The van der Waals surface area contributed by atoms with Gasteiger partial charge in [-0.15, -0.1) is 24.8 Å². The molecule has 1 aromatic rings. The van der Waals surface area contributed by atoms with E-state index in [0.717, 1.165) is 30.8 Å². The Morgan fingerprint density at radius 2 is 1.73 bits per heavy atom. The summed E-state index contributed by atoms with van der Waals surface area (Å²) in [5.41, 5.74) is 7.36. The number of carbonyl (C=O) groups is 1. The molecule has 3 N–H and O–H groups in total. The van der Waals surface area contributed by atoms with Crippen LogP contribution in [0.2, 0.25) is 0 Å². The minimum Gasteiger partial charge on any atom is -0.399 e. The highest BCUT2D eigenvalue weighted by atomic mass is 35.5. The van der Waals surface area contributed by atoms with Crippen LogP contribution in [0.3, 0.4) is 0 Å². The Kier molecular flexibility index (Phi) is 11.1. The first kappa shape index (κ1) is 21.0. The highest BCUT2D eigenvalue weighted by molar-refractivity contribution is 5.85. The van der Waals surface area contributed by atoms with Gasteiger partial charge in [-0.25, -0.2) is 0 Å². The smallest absolute Gasteiger partial charge is 0.224 e. The predicted molar refractivity (Wildman–Crippen MR) is 97.0 cm³/mol. The van der Waals surface area contributed by atoms with E-state index in [0.29, 0.717) is 6.42 Å². The van der Waals surface area contributed by atoms with Crippen LogP contribution in [0, 0.1) is 0 Å². The van der Waals surface area contributed by atoms with Gasteiger partial charge in [0.1, 0.15) is 0 Å². The lowest BCUT2D eigenvalue weighted by Gasteiger charge is -2.26. The minimum atomic E-state index is 0. The maximum Gasteiger partial charge on any atom is 0.224 e. The second-order valence-electron chi connectivity index (χ2n) is 5.52. The van der Waals surface area contributed by atoms with Crippen molar-refractivity contribution in [3.63, 3.8) is 0 Å². The zero-order valence-corrected chi connectivity index (χ0v) is 14.6. The summed E-state index contributed by atoms with van der Waals surface area (Å²) in [7, 11) is 0. The molecule has 1 heterocycles. The van der Waals surface area contributed by atoms with E-state index >= 15 is 0 Å². The largest absolute Gasteiger partial charge is 0.399 e. The van der Waals surface area contributed by atoms with Crippen molar-refractivity contribution in [2.45, 2.75) is 32.1 Å².